The van der Waals surface area contributed by atoms with Crippen LogP contribution >= 0.6 is 0 Å². The number of carbonyl (C=O) groups excluding carboxylic acids is 2. The fourth-order valence-corrected chi connectivity index (χ4v) is 5.47. The van der Waals surface area contributed by atoms with E-state index in [1.807, 2.05) is 95.3 Å². The van der Waals surface area contributed by atoms with Crippen molar-refractivity contribution in [3.63, 3.8) is 0 Å². The van der Waals surface area contributed by atoms with Gasteiger partial charge in [0.15, 0.2) is 0 Å². The molecule has 7 nitrogen and oxygen atoms in total. The Morgan fingerprint density at radius 2 is 1.50 bits per heavy atom. The SMILES string of the molecule is CC[C@H](C)NC(=O)[C@@H](Cc1ccccc1)N(Cc1ccccc1C)C(=O)CN(c1cccc(C)c1C)S(C)(=O)=O. The highest BCUT2D eigenvalue weighted by Crippen LogP contribution is 2.26. The van der Waals surface area contributed by atoms with Crippen molar-refractivity contribution in [2.24, 2.45) is 0 Å². The van der Waals surface area contributed by atoms with E-state index >= 15 is 0 Å². The third kappa shape index (κ3) is 7.94. The first-order valence-corrected chi connectivity index (χ1v) is 15.5. The molecule has 0 aromatic heterocycles. The topological polar surface area (TPSA) is 86.8 Å². The average Bonchev–Trinajstić information content (AvgIpc) is 2.91. The molecule has 2 atom stereocenters. The summed E-state index contributed by atoms with van der Waals surface area (Å²) in [6.45, 7) is 9.37. The van der Waals surface area contributed by atoms with Gasteiger partial charge in [-0.15, -0.1) is 0 Å². The summed E-state index contributed by atoms with van der Waals surface area (Å²) in [4.78, 5) is 29.5. The summed E-state index contributed by atoms with van der Waals surface area (Å²) in [5, 5.41) is 3.05. The Morgan fingerprint density at radius 3 is 2.12 bits per heavy atom. The highest BCUT2D eigenvalue weighted by Gasteiger charge is 2.34. The molecule has 0 aliphatic heterocycles. The molecule has 0 saturated carbocycles. The monoisotopic (exact) mass is 563 g/mol. The highest BCUT2D eigenvalue weighted by molar-refractivity contribution is 7.92. The van der Waals surface area contributed by atoms with Gasteiger partial charge in [0.2, 0.25) is 21.8 Å². The molecule has 0 bridgehead atoms. The molecule has 1 N–H and O–H groups in total. The van der Waals surface area contributed by atoms with Crippen molar-refractivity contribution in [1.29, 1.82) is 0 Å². The largest absolute Gasteiger partial charge is 0.352 e. The minimum Gasteiger partial charge on any atom is -0.352 e. The zero-order chi connectivity index (χ0) is 29.4. The van der Waals surface area contributed by atoms with Gasteiger partial charge in [-0.1, -0.05) is 73.7 Å². The first kappa shape index (κ1) is 30.9. The van der Waals surface area contributed by atoms with Crippen LogP contribution in [-0.4, -0.2) is 50.0 Å². The minimum absolute atomic E-state index is 0.0800. The Kier molecular flexibility index (Phi) is 10.5. The molecular formula is C32H41N3O4S. The molecule has 0 spiro atoms. The molecule has 0 unspecified atom stereocenters. The molecule has 2 amide bonds. The van der Waals surface area contributed by atoms with Gasteiger partial charge in [0.1, 0.15) is 12.6 Å². The Bertz CT molecular complexity index is 1420. The number of rotatable bonds is 12. The van der Waals surface area contributed by atoms with Gasteiger partial charge in [0.25, 0.3) is 0 Å². The number of aryl methyl sites for hydroxylation is 2. The van der Waals surface area contributed by atoms with Crippen LogP contribution in [0.2, 0.25) is 0 Å². The maximum absolute atomic E-state index is 14.2. The van der Waals surface area contributed by atoms with Crippen molar-refractivity contribution in [3.05, 3.63) is 101 Å². The number of hydrogen-bond donors (Lipinski definition) is 1. The van der Waals surface area contributed by atoms with Gasteiger partial charge in [0, 0.05) is 19.0 Å². The number of anilines is 1. The van der Waals surface area contributed by atoms with Crippen molar-refractivity contribution >= 4 is 27.5 Å². The molecule has 0 fully saturated rings. The summed E-state index contributed by atoms with van der Waals surface area (Å²) in [5.41, 5.74) is 4.93. The van der Waals surface area contributed by atoms with Crippen LogP contribution in [0.4, 0.5) is 5.69 Å². The minimum atomic E-state index is -3.81. The lowest BCUT2D eigenvalue weighted by molar-refractivity contribution is -0.140. The van der Waals surface area contributed by atoms with Gasteiger partial charge in [-0.2, -0.15) is 0 Å². The summed E-state index contributed by atoms with van der Waals surface area (Å²) in [6, 6.07) is 21.7. The van der Waals surface area contributed by atoms with Crippen molar-refractivity contribution < 1.29 is 18.0 Å². The zero-order valence-corrected chi connectivity index (χ0v) is 25.2. The second-order valence-electron chi connectivity index (χ2n) is 10.5. The molecular weight excluding hydrogens is 522 g/mol. The maximum atomic E-state index is 14.2. The third-order valence-electron chi connectivity index (χ3n) is 7.40. The van der Waals surface area contributed by atoms with Crippen LogP contribution in [0.15, 0.2) is 72.8 Å². The van der Waals surface area contributed by atoms with Crippen LogP contribution in [-0.2, 0) is 32.6 Å². The van der Waals surface area contributed by atoms with Crippen LogP contribution in [0.5, 0.6) is 0 Å². The maximum Gasteiger partial charge on any atom is 0.244 e. The van der Waals surface area contributed by atoms with Crippen LogP contribution in [0, 0.1) is 20.8 Å². The molecule has 8 heteroatoms. The quantitative estimate of drug-likeness (QED) is 0.339. The number of nitrogens with one attached hydrogen (secondary N) is 1. The van der Waals surface area contributed by atoms with Crippen LogP contribution in [0.3, 0.4) is 0 Å². The first-order valence-electron chi connectivity index (χ1n) is 13.6. The summed E-state index contributed by atoms with van der Waals surface area (Å²) >= 11 is 0. The summed E-state index contributed by atoms with van der Waals surface area (Å²) in [5.74, 6) is -0.715. The predicted octanol–water partition coefficient (Wildman–Crippen LogP) is 4.93. The molecule has 3 rings (SSSR count). The van der Waals surface area contributed by atoms with Crippen molar-refractivity contribution in [2.75, 3.05) is 17.1 Å². The van der Waals surface area contributed by atoms with E-state index in [1.54, 1.807) is 12.1 Å². The molecule has 0 aliphatic carbocycles. The van der Waals surface area contributed by atoms with E-state index in [1.165, 1.54) is 4.90 Å². The molecule has 0 radical (unpaired) electrons. The normalized spacial score (nSPS) is 12.8. The van der Waals surface area contributed by atoms with Gasteiger partial charge in [0.05, 0.1) is 11.9 Å². The van der Waals surface area contributed by atoms with Crippen LogP contribution < -0.4 is 9.62 Å². The van der Waals surface area contributed by atoms with Gasteiger partial charge in [-0.3, -0.25) is 13.9 Å². The molecule has 3 aromatic carbocycles. The number of amides is 2. The first-order chi connectivity index (χ1) is 18.9. The molecule has 40 heavy (non-hydrogen) atoms. The molecule has 0 aliphatic rings. The Labute approximate surface area is 239 Å². The molecule has 3 aromatic rings. The number of hydrogen-bond acceptors (Lipinski definition) is 4. The van der Waals surface area contributed by atoms with E-state index in [0.717, 1.165) is 44.8 Å². The second kappa shape index (κ2) is 13.6. The smallest absolute Gasteiger partial charge is 0.244 e. The summed E-state index contributed by atoms with van der Waals surface area (Å²) in [6.07, 6.45) is 2.14. The van der Waals surface area contributed by atoms with E-state index in [-0.39, 0.29) is 18.5 Å². The lowest BCUT2D eigenvalue weighted by Crippen LogP contribution is -2.54. The number of carbonyl (C=O) groups is 2. The molecule has 0 saturated heterocycles. The molecule has 214 valence electrons. The van der Waals surface area contributed by atoms with Crippen LogP contribution in [0.25, 0.3) is 0 Å². The zero-order valence-electron chi connectivity index (χ0n) is 24.3. The highest BCUT2D eigenvalue weighted by atomic mass is 32.2. The lowest BCUT2D eigenvalue weighted by Gasteiger charge is -2.34. The van der Waals surface area contributed by atoms with Gasteiger partial charge < -0.3 is 10.2 Å². The Hall–Kier alpha value is -3.65. The van der Waals surface area contributed by atoms with E-state index in [2.05, 4.69) is 5.32 Å². The van der Waals surface area contributed by atoms with Gasteiger partial charge in [-0.25, -0.2) is 8.42 Å². The van der Waals surface area contributed by atoms with E-state index in [0.29, 0.717) is 12.1 Å². The number of sulfonamides is 1. The van der Waals surface area contributed by atoms with Crippen LogP contribution in [0.1, 0.15) is 48.1 Å². The number of benzene rings is 3. The van der Waals surface area contributed by atoms with Crippen molar-refractivity contribution in [3.8, 4) is 0 Å². The fourth-order valence-electron chi connectivity index (χ4n) is 4.57. The van der Waals surface area contributed by atoms with Gasteiger partial charge >= 0.3 is 0 Å². The van der Waals surface area contributed by atoms with E-state index in [9.17, 15) is 18.0 Å². The Morgan fingerprint density at radius 1 is 0.875 bits per heavy atom. The lowest BCUT2D eigenvalue weighted by atomic mass is 10.0. The third-order valence-corrected chi connectivity index (χ3v) is 8.52. The fraction of sp³-hybridized carbons (Fsp3) is 0.375. The average molecular weight is 564 g/mol. The van der Waals surface area contributed by atoms with Crippen molar-refractivity contribution in [1.82, 2.24) is 10.2 Å². The number of nitrogens with zero attached hydrogens (tertiary/aromatic N) is 2. The summed E-state index contributed by atoms with van der Waals surface area (Å²) < 4.78 is 27.2. The Balaban J connectivity index is 2.10. The van der Waals surface area contributed by atoms with Crippen molar-refractivity contribution in [2.45, 2.75) is 66.1 Å². The standard InChI is InChI=1S/C32H41N3O4S/c1-7-25(4)33-32(37)30(20-27-16-9-8-10-17-27)34(21-28-18-12-11-14-24(28)3)31(36)22-35(40(6,38)39)29-19-13-15-23(2)26(29)5/h8-19,25,30H,7,20-22H2,1-6H3,(H,33,37)/t25-,30+/m0/s1. The summed E-state index contributed by atoms with van der Waals surface area (Å²) in [7, 11) is -3.81. The van der Waals surface area contributed by atoms with E-state index in [4.69, 9.17) is 0 Å². The predicted molar refractivity (Wildman–Crippen MR) is 162 cm³/mol. The molecule has 0 heterocycles. The van der Waals surface area contributed by atoms with Gasteiger partial charge in [-0.05, 0) is 68.0 Å². The van der Waals surface area contributed by atoms with E-state index < -0.39 is 28.5 Å². The second-order valence-corrected chi connectivity index (χ2v) is 12.4.